The van der Waals surface area contributed by atoms with Crippen molar-refractivity contribution in [1.82, 2.24) is 10.3 Å². The number of ether oxygens (including phenoxy) is 2. The number of amides is 1. The molecule has 2 aromatic rings. The zero-order valence-corrected chi connectivity index (χ0v) is 15.2. The van der Waals surface area contributed by atoms with Crippen LogP contribution < -0.4 is 14.8 Å². The highest BCUT2D eigenvalue weighted by Crippen LogP contribution is 2.43. The minimum atomic E-state index is -0.188. The van der Waals surface area contributed by atoms with Crippen LogP contribution in [0.25, 0.3) is 0 Å². The third-order valence-electron chi connectivity index (χ3n) is 5.31. The van der Waals surface area contributed by atoms with Crippen molar-refractivity contribution in [2.24, 2.45) is 0 Å². The van der Waals surface area contributed by atoms with Gasteiger partial charge >= 0.3 is 0 Å². The SMILES string of the molecule is O=C(NCC1(c2ccc3c(c2)OCCO3)CCCC1)c1cccnc1Cl. The lowest BCUT2D eigenvalue weighted by Gasteiger charge is -2.31. The van der Waals surface area contributed by atoms with Gasteiger partial charge in [0.1, 0.15) is 18.4 Å². The fraction of sp³-hybridized carbons (Fsp3) is 0.400. The van der Waals surface area contributed by atoms with E-state index in [2.05, 4.69) is 22.4 Å². The molecule has 1 aromatic carbocycles. The van der Waals surface area contributed by atoms with Gasteiger partial charge in [-0.1, -0.05) is 30.5 Å². The van der Waals surface area contributed by atoms with Gasteiger partial charge in [-0.2, -0.15) is 0 Å². The summed E-state index contributed by atoms with van der Waals surface area (Å²) in [5, 5.41) is 3.29. The summed E-state index contributed by atoms with van der Waals surface area (Å²) in [5.74, 6) is 1.40. The van der Waals surface area contributed by atoms with Crippen molar-refractivity contribution in [3.8, 4) is 11.5 Å². The summed E-state index contributed by atoms with van der Waals surface area (Å²) in [6, 6.07) is 9.55. The van der Waals surface area contributed by atoms with Crippen LogP contribution in [0.15, 0.2) is 36.5 Å². The molecule has 1 amide bonds. The van der Waals surface area contributed by atoms with Gasteiger partial charge < -0.3 is 14.8 Å². The molecule has 0 atom stereocenters. The average Bonchev–Trinajstić information content (AvgIpc) is 3.16. The summed E-state index contributed by atoms with van der Waals surface area (Å²) in [7, 11) is 0. The first-order valence-corrected chi connectivity index (χ1v) is 9.35. The van der Waals surface area contributed by atoms with Gasteiger partial charge in [0.2, 0.25) is 0 Å². The Kier molecular flexibility index (Phi) is 4.72. The van der Waals surface area contributed by atoms with Gasteiger partial charge in [0.05, 0.1) is 5.56 Å². The van der Waals surface area contributed by atoms with Crippen molar-refractivity contribution in [2.75, 3.05) is 19.8 Å². The molecule has 1 aliphatic carbocycles. The summed E-state index contributed by atoms with van der Waals surface area (Å²) >= 11 is 6.04. The lowest BCUT2D eigenvalue weighted by atomic mass is 9.78. The van der Waals surface area contributed by atoms with Crippen molar-refractivity contribution in [2.45, 2.75) is 31.1 Å². The van der Waals surface area contributed by atoms with Crippen LogP contribution in [0, 0.1) is 0 Å². The van der Waals surface area contributed by atoms with Crippen molar-refractivity contribution in [3.63, 3.8) is 0 Å². The lowest BCUT2D eigenvalue weighted by molar-refractivity contribution is 0.0943. The summed E-state index contributed by atoms with van der Waals surface area (Å²) in [6.45, 7) is 1.72. The van der Waals surface area contributed by atoms with Crippen LogP contribution in [0.4, 0.5) is 0 Å². The number of hydrogen-bond donors (Lipinski definition) is 1. The Hall–Kier alpha value is -2.27. The number of carbonyl (C=O) groups is 1. The van der Waals surface area contributed by atoms with Crippen molar-refractivity contribution in [1.29, 1.82) is 0 Å². The summed E-state index contributed by atoms with van der Waals surface area (Å²) in [4.78, 5) is 16.5. The maximum atomic E-state index is 12.5. The third kappa shape index (κ3) is 3.23. The topological polar surface area (TPSA) is 60.5 Å². The molecular formula is C20H21ClN2O3. The van der Waals surface area contributed by atoms with E-state index in [1.807, 2.05) is 6.07 Å². The van der Waals surface area contributed by atoms with Gasteiger partial charge in [-0.15, -0.1) is 0 Å². The molecule has 0 unspecified atom stereocenters. The number of hydrogen-bond acceptors (Lipinski definition) is 4. The van der Waals surface area contributed by atoms with E-state index >= 15 is 0 Å². The summed E-state index contributed by atoms with van der Waals surface area (Å²) < 4.78 is 11.4. The Morgan fingerprint density at radius 2 is 1.92 bits per heavy atom. The lowest BCUT2D eigenvalue weighted by Crippen LogP contribution is -2.39. The predicted octanol–water partition coefficient (Wildman–Crippen LogP) is 3.75. The van der Waals surface area contributed by atoms with Crippen LogP contribution in [-0.4, -0.2) is 30.6 Å². The highest BCUT2D eigenvalue weighted by atomic mass is 35.5. The Balaban J connectivity index is 1.55. The number of aromatic nitrogens is 1. The third-order valence-corrected chi connectivity index (χ3v) is 5.61. The molecule has 0 bridgehead atoms. The van der Waals surface area contributed by atoms with Crippen LogP contribution >= 0.6 is 11.6 Å². The Bertz CT molecular complexity index is 818. The first kappa shape index (κ1) is 17.2. The maximum Gasteiger partial charge on any atom is 0.254 e. The number of pyridine rings is 1. The maximum absolute atomic E-state index is 12.5. The highest BCUT2D eigenvalue weighted by Gasteiger charge is 2.37. The van der Waals surface area contributed by atoms with E-state index < -0.39 is 0 Å². The van der Waals surface area contributed by atoms with Crippen LogP contribution in [-0.2, 0) is 5.41 Å². The number of halogens is 1. The molecule has 0 spiro atoms. The fourth-order valence-corrected chi connectivity index (χ4v) is 4.10. The average molecular weight is 373 g/mol. The standard InChI is InChI=1S/C20H21ClN2O3/c21-18-15(4-3-9-22-18)19(24)23-13-20(7-1-2-8-20)14-5-6-16-17(12-14)26-11-10-25-16/h3-6,9,12H,1-2,7-8,10-11,13H2,(H,23,24). The molecule has 26 heavy (non-hydrogen) atoms. The van der Waals surface area contributed by atoms with E-state index in [4.69, 9.17) is 21.1 Å². The normalized spacial score (nSPS) is 17.7. The zero-order chi connectivity index (χ0) is 18.0. The number of rotatable bonds is 4. The zero-order valence-electron chi connectivity index (χ0n) is 14.5. The molecule has 2 aliphatic rings. The number of carbonyl (C=O) groups excluding carboxylic acids is 1. The minimum absolute atomic E-state index is 0.0832. The van der Waals surface area contributed by atoms with Crippen LogP contribution in [0.5, 0.6) is 11.5 Å². The van der Waals surface area contributed by atoms with Crippen LogP contribution in [0.2, 0.25) is 5.15 Å². The largest absolute Gasteiger partial charge is 0.486 e. The fourth-order valence-electron chi connectivity index (χ4n) is 3.89. The Labute approximate surface area is 157 Å². The molecule has 136 valence electrons. The van der Waals surface area contributed by atoms with Gasteiger partial charge in [-0.25, -0.2) is 4.98 Å². The second kappa shape index (κ2) is 7.16. The summed E-state index contributed by atoms with van der Waals surface area (Å²) in [5.41, 5.74) is 1.52. The molecule has 5 nitrogen and oxygen atoms in total. The van der Waals surface area contributed by atoms with E-state index in [1.54, 1.807) is 18.3 Å². The van der Waals surface area contributed by atoms with E-state index in [-0.39, 0.29) is 16.5 Å². The molecule has 1 fully saturated rings. The van der Waals surface area contributed by atoms with E-state index in [0.29, 0.717) is 25.3 Å². The second-order valence-electron chi connectivity index (χ2n) is 6.87. The molecule has 1 aromatic heterocycles. The van der Waals surface area contributed by atoms with Gasteiger partial charge in [0, 0.05) is 18.2 Å². The second-order valence-corrected chi connectivity index (χ2v) is 7.23. The minimum Gasteiger partial charge on any atom is -0.486 e. The quantitative estimate of drug-likeness (QED) is 0.830. The monoisotopic (exact) mass is 372 g/mol. The van der Waals surface area contributed by atoms with Crippen molar-refractivity contribution < 1.29 is 14.3 Å². The number of nitrogens with zero attached hydrogens (tertiary/aromatic N) is 1. The highest BCUT2D eigenvalue weighted by molar-refractivity contribution is 6.32. The van der Waals surface area contributed by atoms with Gasteiger partial charge in [-0.05, 0) is 42.7 Å². The molecule has 1 saturated carbocycles. The Morgan fingerprint density at radius 3 is 2.69 bits per heavy atom. The van der Waals surface area contributed by atoms with Crippen molar-refractivity contribution in [3.05, 3.63) is 52.8 Å². The van der Waals surface area contributed by atoms with E-state index in [0.717, 1.165) is 37.2 Å². The summed E-state index contributed by atoms with van der Waals surface area (Å²) in [6.07, 6.45) is 5.95. The number of benzene rings is 1. The molecular weight excluding hydrogens is 352 g/mol. The number of nitrogens with one attached hydrogen (secondary N) is 1. The van der Waals surface area contributed by atoms with Gasteiger partial charge in [0.15, 0.2) is 11.5 Å². The molecule has 0 radical (unpaired) electrons. The molecule has 1 aliphatic heterocycles. The molecule has 6 heteroatoms. The first-order chi connectivity index (χ1) is 12.7. The first-order valence-electron chi connectivity index (χ1n) is 8.97. The number of fused-ring (bicyclic) bond motifs is 1. The van der Waals surface area contributed by atoms with E-state index in [1.165, 1.54) is 5.56 Å². The molecule has 0 saturated heterocycles. The van der Waals surface area contributed by atoms with Gasteiger partial charge in [0.25, 0.3) is 5.91 Å². The van der Waals surface area contributed by atoms with Crippen molar-refractivity contribution >= 4 is 17.5 Å². The Morgan fingerprint density at radius 1 is 1.15 bits per heavy atom. The predicted molar refractivity (Wildman–Crippen MR) is 99.2 cm³/mol. The van der Waals surface area contributed by atoms with Crippen LogP contribution in [0.3, 0.4) is 0 Å². The molecule has 4 rings (SSSR count). The smallest absolute Gasteiger partial charge is 0.254 e. The van der Waals surface area contributed by atoms with E-state index in [9.17, 15) is 4.79 Å². The molecule has 2 heterocycles. The molecule has 1 N–H and O–H groups in total. The van der Waals surface area contributed by atoms with Crippen LogP contribution in [0.1, 0.15) is 41.6 Å². The van der Waals surface area contributed by atoms with Gasteiger partial charge in [-0.3, -0.25) is 4.79 Å².